The minimum Gasteiger partial charge on any atom is -0.381 e. The van der Waals surface area contributed by atoms with Gasteiger partial charge in [0.2, 0.25) is 0 Å². The summed E-state index contributed by atoms with van der Waals surface area (Å²) in [6.07, 6.45) is 2.09. The third-order valence-corrected chi connectivity index (χ3v) is 2.99. The van der Waals surface area contributed by atoms with Gasteiger partial charge in [-0.25, -0.2) is 0 Å². The summed E-state index contributed by atoms with van der Waals surface area (Å²) in [5.74, 6) is 0. The lowest BCUT2D eigenvalue weighted by Gasteiger charge is -2.34. The highest BCUT2D eigenvalue weighted by Gasteiger charge is 2.25. The molecule has 0 atom stereocenters. The highest BCUT2D eigenvalue weighted by molar-refractivity contribution is 6.33. The van der Waals surface area contributed by atoms with E-state index in [1.54, 1.807) is 0 Å². The molecule has 0 amide bonds. The van der Waals surface area contributed by atoms with Crippen molar-refractivity contribution in [2.45, 2.75) is 31.8 Å². The molecule has 14 heavy (non-hydrogen) atoms. The van der Waals surface area contributed by atoms with Crippen LogP contribution in [-0.2, 0) is 0 Å². The van der Waals surface area contributed by atoms with Crippen molar-refractivity contribution >= 4 is 17.3 Å². The Labute approximate surface area is 89.4 Å². The van der Waals surface area contributed by atoms with Gasteiger partial charge in [0, 0.05) is 12.1 Å². The van der Waals surface area contributed by atoms with Crippen molar-refractivity contribution in [2.75, 3.05) is 5.32 Å². The predicted octanol–water partition coefficient (Wildman–Crippen LogP) is 2.55. The van der Waals surface area contributed by atoms with E-state index in [1.165, 1.54) is 5.56 Å². The summed E-state index contributed by atoms with van der Waals surface area (Å²) < 4.78 is 0. The van der Waals surface area contributed by atoms with Crippen molar-refractivity contribution in [2.24, 2.45) is 5.73 Å². The molecule has 1 saturated carbocycles. The Balaban J connectivity index is 2.05. The maximum absolute atomic E-state index is 6.06. The zero-order valence-corrected chi connectivity index (χ0v) is 9.01. The lowest BCUT2D eigenvalue weighted by molar-refractivity contribution is 0.373. The standard InChI is InChI=1S/C11H15ClN2/c1-7-2-3-10(12)11(4-7)14-9-5-8(13)6-9/h2-4,8-9,14H,5-6,13H2,1H3. The van der Waals surface area contributed by atoms with Gasteiger partial charge in [-0.15, -0.1) is 0 Å². The molecule has 0 spiro atoms. The first-order valence-corrected chi connectivity index (χ1v) is 5.31. The van der Waals surface area contributed by atoms with E-state index in [0.717, 1.165) is 23.6 Å². The largest absolute Gasteiger partial charge is 0.381 e. The van der Waals surface area contributed by atoms with E-state index in [2.05, 4.69) is 18.3 Å². The molecule has 1 aromatic carbocycles. The molecule has 2 nitrogen and oxygen atoms in total. The van der Waals surface area contributed by atoms with Gasteiger partial charge in [-0.1, -0.05) is 17.7 Å². The molecule has 0 unspecified atom stereocenters. The summed E-state index contributed by atoms with van der Waals surface area (Å²) in [4.78, 5) is 0. The number of halogens is 1. The van der Waals surface area contributed by atoms with Crippen LogP contribution < -0.4 is 11.1 Å². The van der Waals surface area contributed by atoms with Gasteiger partial charge in [0.05, 0.1) is 10.7 Å². The van der Waals surface area contributed by atoms with E-state index in [9.17, 15) is 0 Å². The van der Waals surface area contributed by atoms with Crippen molar-refractivity contribution in [3.05, 3.63) is 28.8 Å². The summed E-state index contributed by atoms with van der Waals surface area (Å²) in [6, 6.07) is 6.89. The van der Waals surface area contributed by atoms with Gasteiger partial charge in [0.25, 0.3) is 0 Å². The Bertz CT molecular complexity index is 332. The number of aryl methyl sites for hydroxylation is 1. The Morgan fingerprint density at radius 2 is 2.14 bits per heavy atom. The van der Waals surface area contributed by atoms with E-state index in [4.69, 9.17) is 17.3 Å². The van der Waals surface area contributed by atoms with Crippen LogP contribution in [0.3, 0.4) is 0 Å². The van der Waals surface area contributed by atoms with Crippen molar-refractivity contribution < 1.29 is 0 Å². The zero-order valence-electron chi connectivity index (χ0n) is 8.26. The van der Waals surface area contributed by atoms with Crippen LogP contribution in [0.25, 0.3) is 0 Å². The molecule has 0 radical (unpaired) electrons. The number of benzene rings is 1. The molecule has 1 fully saturated rings. The fraction of sp³-hybridized carbons (Fsp3) is 0.455. The maximum Gasteiger partial charge on any atom is 0.0637 e. The van der Waals surface area contributed by atoms with Gasteiger partial charge in [-0.2, -0.15) is 0 Å². The quantitative estimate of drug-likeness (QED) is 0.788. The lowest BCUT2D eigenvalue weighted by Crippen LogP contribution is -2.44. The van der Waals surface area contributed by atoms with Crippen molar-refractivity contribution in [3.63, 3.8) is 0 Å². The van der Waals surface area contributed by atoms with Crippen LogP contribution in [0.15, 0.2) is 18.2 Å². The first kappa shape index (κ1) is 9.81. The minimum atomic E-state index is 0.371. The molecule has 2 rings (SSSR count). The topological polar surface area (TPSA) is 38.0 Å². The Morgan fingerprint density at radius 3 is 2.79 bits per heavy atom. The summed E-state index contributed by atoms with van der Waals surface area (Å²) >= 11 is 6.06. The fourth-order valence-corrected chi connectivity index (χ4v) is 1.92. The fourth-order valence-electron chi connectivity index (χ4n) is 1.75. The van der Waals surface area contributed by atoms with Crippen LogP contribution >= 0.6 is 11.6 Å². The molecule has 0 aromatic heterocycles. The molecule has 1 aromatic rings. The molecule has 76 valence electrons. The third kappa shape index (κ3) is 2.02. The summed E-state index contributed by atoms with van der Waals surface area (Å²) in [6.45, 7) is 2.06. The number of nitrogens with two attached hydrogens (primary N) is 1. The Hall–Kier alpha value is -0.730. The molecule has 1 aliphatic carbocycles. The van der Waals surface area contributed by atoms with E-state index in [0.29, 0.717) is 12.1 Å². The first-order valence-electron chi connectivity index (χ1n) is 4.93. The van der Waals surface area contributed by atoms with Gasteiger partial charge in [-0.3, -0.25) is 0 Å². The van der Waals surface area contributed by atoms with Gasteiger partial charge >= 0.3 is 0 Å². The van der Waals surface area contributed by atoms with Gasteiger partial charge in [0.15, 0.2) is 0 Å². The summed E-state index contributed by atoms with van der Waals surface area (Å²) in [7, 11) is 0. The van der Waals surface area contributed by atoms with Crippen LogP contribution in [0.4, 0.5) is 5.69 Å². The number of hydrogen-bond donors (Lipinski definition) is 2. The molecular formula is C11H15ClN2. The van der Waals surface area contributed by atoms with Crippen molar-refractivity contribution in [1.82, 2.24) is 0 Å². The van der Waals surface area contributed by atoms with Crippen LogP contribution in [0, 0.1) is 6.92 Å². The predicted molar refractivity (Wildman–Crippen MR) is 60.8 cm³/mol. The average molecular weight is 211 g/mol. The van der Waals surface area contributed by atoms with Gasteiger partial charge < -0.3 is 11.1 Å². The van der Waals surface area contributed by atoms with Crippen molar-refractivity contribution in [3.8, 4) is 0 Å². The highest BCUT2D eigenvalue weighted by Crippen LogP contribution is 2.28. The first-order chi connectivity index (χ1) is 6.65. The van der Waals surface area contributed by atoms with Crippen molar-refractivity contribution in [1.29, 1.82) is 0 Å². The minimum absolute atomic E-state index is 0.371. The normalized spacial score (nSPS) is 25.6. The second kappa shape index (κ2) is 3.79. The molecule has 3 heteroatoms. The van der Waals surface area contributed by atoms with Gasteiger partial charge in [0.1, 0.15) is 0 Å². The number of rotatable bonds is 2. The zero-order chi connectivity index (χ0) is 10.1. The molecule has 0 heterocycles. The molecule has 0 saturated heterocycles. The van der Waals surface area contributed by atoms with Crippen LogP contribution in [0.2, 0.25) is 5.02 Å². The summed E-state index contributed by atoms with van der Waals surface area (Å²) in [5.41, 5.74) is 7.97. The second-order valence-corrected chi connectivity index (χ2v) is 4.46. The average Bonchev–Trinajstić information content (AvgIpc) is 2.09. The number of hydrogen-bond acceptors (Lipinski definition) is 2. The summed E-state index contributed by atoms with van der Waals surface area (Å²) in [5, 5.41) is 4.19. The number of nitrogens with one attached hydrogen (secondary N) is 1. The maximum atomic E-state index is 6.06. The smallest absolute Gasteiger partial charge is 0.0637 e. The van der Waals surface area contributed by atoms with Crippen LogP contribution in [0.5, 0.6) is 0 Å². The molecule has 3 N–H and O–H groups in total. The Kier molecular flexibility index (Phi) is 2.66. The van der Waals surface area contributed by atoms with E-state index in [1.807, 2.05) is 12.1 Å². The molecule has 0 aliphatic heterocycles. The lowest BCUT2D eigenvalue weighted by atomic mass is 9.87. The van der Waals surface area contributed by atoms with Crippen LogP contribution in [-0.4, -0.2) is 12.1 Å². The highest BCUT2D eigenvalue weighted by atomic mass is 35.5. The monoisotopic (exact) mass is 210 g/mol. The van der Waals surface area contributed by atoms with Gasteiger partial charge in [-0.05, 0) is 37.5 Å². The Morgan fingerprint density at radius 1 is 1.43 bits per heavy atom. The molecular weight excluding hydrogens is 196 g/mol. The second-order valence-electron chi connectivity index (χ2n) is 4.06. The molecule has 0 bridgehead atoms. The molecule has 1 aliphatic rings. The van der Waals surface area contributed by atoms with E-state index in [-0.39, 0.29) is 0 Å². The third-order valence-electron chi connectivity index (χ3n) is 2.66. The number of anilines is 1. The van der Waals surface area contributed by atoms with Crippen LogP contribution in [0.1, 0.15) is 18.4 Å². The van der Waals surface area contributed by atoms with E-state index < -0.39 is 0 Å². The van der Waals surface area contributed by atoms with E-state index >= 15 is 0 Å². The SMILES string of the molecule is Cc1ccc(Cl)c(NC2CC(N)C2)c1.